The zero-order chi connectivity index (χ0) is 43.5. The van der Waals surface area contributed by atoms with E-state index in [1.165, 1.54) is 32.1 Å². The van der Waals surface area contributed by atoms with Gasteiger partial charge in [0.25, 0.3) is 0 Å². The molecule has 0 heterocycles. The molecule has 0 aromatic rings. The fourth-order valence-electron chi connectivity index (χ4n) is 5.71. The third-order valence-electron chi connectivity index (χ3n) is 9.17. The van der Waals surface area contributed by atoms with Crippen molar-refractivity contribution in [2.24, 2.45) is 0 Å². The highest BCUT2D eigenvalue weighted by molar-refractivity contribution is 5.70. The first-order chi connectivity index (χ1) is 29.6. The molecule has 0 aromatic carbocycles. The molecule has 1 unspecified atom stereocenters. The van der Waals surface area contributed by atoms with Crippen molar-refractivity contribution >= 4 is 11.9 Å². The van der Waals surface area contributed by atoms with Gasteiger partial charge in [-0.15, -0.1) is 0 Å². The van der Waals surface area contributed by atoms with Crippen LogP contribution < -0.4 is 0 Å². The first kappa shape index (κ1) is 56.0. The number of carbonyl (C=O) groups excluding carboxylic acids is 2. The fourth-order valence-corrected chi connectivity index (χ4v) is 5.71. The Bertz CT molecular complexity index is 1300. The van der Waals surface area contributed by atoms with Crippen LogP contribution in [0.1, 0.15) is 175 Å². The Morgan fingerprint density at radius 2 is 0.767 bits per heavy atom. The summed E-state index contributed by atoms with van der Waals surface area (Å²) in [6.45, 7) is 7.25. The van der Waals surface area contributed by atoms with Crippen LogP contribution in [0.15, 0.2) is 134 Å². The molecule has 0 fully saturated rings. The predicted molar refractivity (Wildman–Crippen MR) is 260 cm³/mol. The molecule has 0 saturated carbocycles. The van der Waals surface area contributed by atoms with Crippen molar-refractivity contribution in [2.75, 3.05) is 19.8 Å². The molecular formula is C55H86O5. The maximum absolute atomic E-state index is 12.7. The molecule has 0 saturated heterocycles. The smallest absolute Gasteiger partial charge is 0.306 e. The minimum atomic E-state index is -0.611. The van der Waals surface area contributed by atoms with Crippen LogP contribution >= 0.6 is 0 Å². The molecule has 0 rings (SSSR count). The lowest BCUT2D eigenvalue weighted by Gasteiger charge is -2.18. The summed E-state index contributed by atoms with van der Waals surface area (Å²) >= 11 is 0. The first-order valence-electron chi connectivity index (χ1n) is 23.7. The topological polar surface area (TPSA) is 61.8 Å². The van der Waals surface area contributed by atoms with Crippen LogP contribution in [0.3, 0.4) is 0 Å². The van der Waals surface area contributed by atoms with E-state index in [2.05, 4.69) is 154 Å². The molecule has 0 aliphatic heterocycles. The van der Waals surface area contributed by atoms with Crippen molar-refractivity contribution in [3.05, 3.63) is 134 Å². The van der Waals surface area contributed by atoms with Gasteiger partial charge in [-0.2, -0.15) is 0 Å². The van der Waals surface area contributed by atoms with Crippen LogP contribution in [0.25, 0.3) is 0 Å². The molecule has 0 spiro atoms. The van der Waals surface area contributed by atoms with Crippen LogP contribution in [0.2, 0.25) is 0 Å². The maximum atomic E-state index is 12.7. The number of allylic oxidation sites excluding steroid dienone is 21. The Hall–Kier alpha value is -3.96. The largest absolute Gasteiger partial charge is 0.462 e. The Kier molecular flexibility index (Phi) is 46.1. The molecule has 1 atom stereocenters. The van der Waals surface area contributed by atoms with Gasteiger partial charge in [-0.3, -0.25) is 9.59 Å². The van der Waals surface area contributed by atoms with Gasteiger partial charge in [0, 0.05) is 12.8 Å². The second-order valence-corrected chi connectivity index (χ2v) is 14.9. The van der Waals surface area contributed by atoms with Crippen molar-refractivity contribution in [1.29, 1.82) is 0 Å². The quantitative estimate of drug-likeness (QED) is 0.0349. The molecule has 0 aliphatic rings. The second kappa shape index (κ2) is 49.4. The Morgan fingerprint density at radius 3 is 1.27 bits per heavy atom. The van der Waals surface area contributed by atoms with Crippen molar-refractivity contribution in [2.45, 2.75) is 181 Å². The van der Waals surface area contributed by atoms with E-state index in [1.807, 2.05) is 0 Å². The molecule has 0 N–H and O–H groups in total. The van der Waals surface area contributed by atoms with Gasteiger partial charge in [0.15, 0.2) is 6.10 Å². The molecular weight excluding hydrogens is 741 g/mol. The van der Waals surface area contributed by atoms with E-state index in [4.69, 9.17) is 14.2 Å². The summed E-state index contributed by atoms with van der Waals surface area (Å²) in [4.78, 5) is 25.3. The minimum Gasteiger partial charge on any atom is -0.462 e. The van der Waals surface area contributed by atoms with Gasteiger partial charge in [0.1, 0.15) is 6.61 Å². The average molecular weight is 827 g/mol. The van der Waals surface area contributed by atoms with Crippen molar-refractivity contribution in [1.82, 2.24) is 0 Å². The molecule has 336 valence electrons. The van der Waals surface area contributed by atoms with Crippen LogP contribution in [-0.4, -0.2) is 37.9 Å². The van der Waals surface area contributed by atoms with E-state index < -0.39 is 6.10 Å². The monoisotopic (exact) mass is 827 g/mol. The van der Waals surface area contributed by atoms with Crippen LogP contribution in [0.5, 0.6) is 0 Å². The SMILES string of the molecule is CC/C=C\C/C=C\C/C=C\C/C=C\C/C=C\CCCC(=O)OCC(COCC/C=C\C/C=C\C/C=C\C/C=C\C/C=C\CC)OC(=O)CCCCCCC/C=C\CCCC. The lowest BCUT2D eigenvalue weighted by molar-refractivity contribution is -0.162. The highest BCUT2D eigenvalue weighted by atomic mass is 16.6. The summed E-state index contributed by atoms with van der Waals surface area (Å²) in [6.07, 6.45) is 70.5. The van der Waals surface area contributed by atoms with Gasteiger partial charge in [-0.05, 0) is 109 Å². The van der Waals surface area contributed by atoms with Gasteiger partial charge >= 0.3 is 11.9 Å². The molecule has 5 nitrogen and oxygen atoms in total. The number of hydrogen-bond donors (Lipinski definition) is 0. The van der Waals surface area contributed by atoms with Crippen LogP contribution in [-0.2, 0) is 23.8 Å². The summed E-state index contributed by atoms with van der Waals surface area (Å²) < 4.78 is 17.2. The molecule has 0 aromatic heterocycles. The number of esters is 2. The van der Waals surface area contributed by atoms with Crippen molar-refractivity contribution in [3.63, 3.8) is 0 Å². The number of rotatable bonds is 41. The molecule has 5 heteroatoms. The summed E-state index contributed by atoms with van der Waals surface area (Å²) in [5.74, 6) is -0.530. The van der Waals surface area contributed by atoms with E-state index in [9.17, 15) is 9.59 Å². The average Bonchev–Trinajstić information content (AvgIpc) is 3.25. The third-order valence-corrected chi connectivity index (χ3v) is 9.17. The van der Waals surface area contributed by atoms with Gasteiger partial charge in [-0.25, -0.2) is 0 Å². The van der Waals surface area contributed by atoms with Crippen LogP contribution in [0.4, 0.5) is 0 Å². The zero-order valence-electron chi connectivity index (χ0n) is 38.4. The Balaban J connectivity index is 4.50. The van der Waals surface area contributed by atoms with Gasteiger partial charge < -0.3 is 14.2 Å². The molecule has 60 heavy (non-hydrogen) atoms. The minimum absolute atomic E-state index is 0.0136. The molecule has 0 radical (unpaired) electrons. The Labute approximate surface area is 369 Å². The lowest BCUT2D eigenvalue weighted by atomic mass is 10.1. The van der Waals surface area contributed by atoms with E-state index in [0.717, 1.165) is 103 Å². The predicted octanol–water partition coefficient (Wildman–Crippen LogP) is 16.0. The summed E-state index contributed by atoms with van der Waals surface area (Å²) in [5, 5.41) is 0. The highest BCUT2D eigenvalue weighted by Gasteiger charge is 2.17. The molecule has 0 amide bonds. The number of carbonyl (C=O) groups is 2. The van der Waals surface area contributed by atoms with Gasteiger partial charge in [-0.1, -0.05) is 187 Å². The van der Waals surface area contributed by atoms with Crippen molar-refractivity contribution in [3.8, 4) is 0 Å². The highest BCUT2D eigenvalue weighted by Crippen LogP contribution is 2.11. The first-order valence-corrected chi connectivity index (χ1v) is 23.7. The van der Waals surface area contributed by atoms with Gasteiger partial charge in [0.2, 0.25) is 0 Å². The Morgan fingerprint density at radius 1 is 0.383 bits per heavy atom. The van der Waals surface area contributed by atoms with E-state index in [0.29, 0.717) is 25.9 Å². The number of hydrogen-bond acceptors (Lipinski definition) is 5. The normalized spacial score (nSPS) is 13.4. The summed E-state index contributed by atoms with van der Waals surface area (Å²) in [7, 11) is 0. The lowest BCUT2D eigenvalue weighted by Crippen LogP contribution is -2.30. The van der Waals surface area contributed by atoms with Crippen molar-refractivity contribution < 1.29 is 23.8 Å². The maximum Gasteiger partial charge on any atom is 0.306 e. The van der Waals surface area contributed by atoms with Gasteiger partial charge in [0.05, 0.1) is 13.2 Å². The van der Waals surface area contributed by atoms with E-state index >= 15 is 0 Å². The third kappa shape index (κ3) is 46.7. The number of unbranched alkanes of at least 4 members (excludes halogenated alkanes) is 8. The summed E-state index contributed by atoms with van der Waals surface area (Å²) in [5.41, 5.74) is 0. The molecule has 0 bridgehead atoms. The van der Waals surface area contributed by atoms with E-state index in [1.54, 1.807) is 0 Å². The molecule has 0 aliphatic carbocycles. The fraction of sp³-hybridized carbons (Fsp3) is 0.564. The second-order valence-electron chi connectivity index (χ2n) is 14.9. The number of ether oxygens (including phenoxy) is 3. The standard InChI is InChI=1S/C55H86O5/c1-4-7-10-13-16-19-22-24-26-28-29-31-34-36-39-42-45-48-54(56)59-52-53(60-55(57)49-46-43-40-37-33-21-18-15-12-9-6-3)51-58-50-47-44-41-38-35-32-30-27-25-23-20-17-14-11-8-5-2/h7-8,10-11,15-20,24-27,29,31-32,35-36,39,41,44,53H,4-6,9,12-14,21-23,28,30,33-34,37-38,40,42-43,45-52H2,1-3H3/b10-7-,11-8-,18-15-,19-16-,20-17-,26-24-,27-25-,31-29-,35-32-,39-36-,44-41-. The summed E-state index contributed by atoms with van der Waals surface area (Å²) in [6, 6.07) is 0. The van der Waals surface area contributed by atoms with Crippen LogP contribution in [0, 0.1) is 0 Å². The van der Waals surface area contributed by atoms with E-state index in [-0.39, 0.29) is 25.2 Å². The zero-order valence-corrected chi connectivity index (χ0v) is 38.4.